The highest BCUT2D eigenvalue weighted by Crippen LogP contribution is 2.19. The highest BCUT2D eigenvalue weighted by atomic mass is 19.4. The molecule has 0 spiro atoms. The van der Waals surface area contributed by atoms with E-state index in [1.807, 2.05) is 0 Å². The molecule has 0 aliphatic carbocycles. The molecule has 10 heavy (non-hydrogen) atoms. The summed E-state index contributed by atoms with van der Waals surface area (Å²) < 4.78 is 34.1. The first-order valence-corrected chi connectivity index (χ1v) is 2.36. The van der Waals surface area contributed by atoms with Gasteiger partial charge in [-0.1, -0.05) is 0 Å². The number of carbonyl (C=O) groups is 1. The number of alkyl halides is 3. The van der Waals surface area contributed by atoms with E-state index in [9.17, 15) is 18.0 Å². The van der Waals surface area contributed by atoms with Gasteiger partial charge in [0.1, 0.15) is 0 Å². The lowest BCUT2D eigenvalue weighted by Gasteiger charge is -2.11. The number of aliphatic hydroxyl groups excluding tert-OH is 1. The van der Waals surface area contributed by atoms with Gasteiger partial charge in [0.15, 0.2) is 0 Å². The van der Waals surface area contributed by atoms with Crippen LogP contribution in [0.5, 0.6) is 0 Å². The summed E-state index contributed by atoms with van der Waals surface area (Å²) in [5, 5.41) is 9.78. The molecule has 0 rings (SSSR count). The zero-order valence-corrected chi connectivity index (χ0v) is 5.07. The van der Waals surface area contributed by atoms with Gasteiger partial charge >= 0.3 is 6.18 Å². The first-order valence-electron chi connectivity index (χ1n) is 2.36. The third kappa shape index (κ3) is 2.22. The SMILES string of the molecule is CNC(=O)[C@@H](O)C(F)(F)F. The lowest BCUT2D eigenvalue weighted by molar-refractivity contribution is -0.204. The molecule has 6 heteroatoms. The Kier molecular flexibility index (Phi) is 2.65. The molecule has 0 aromatic heterocycles. The van der Waals surface area contributed by atoms with Gasteiger partial charge in [0.2, 0.25) is 6.10 Å². The number of hydrogen-bond donors (Lipinski definition) is 2. The summed E-state index contributed by atoms with van der Waals surface area (Å²) in [4.78, 5) is 10.1. The molecule has 0 saturated carbocycles. The van der Waals surface area contributed by atoms with Gasteiger partial charge in [0.05, 0.1) is 0 Å². The maximum atomic E-state index is 11.4. The number of nitrogens with one attached hydrogen (secondary N) is 1. The maximum absolute atomic E-state index is 11.4. The molecule has 0 fully saturated rings. The van der Waals surface area contributed by atoms with E-state index in [0.717, 1.165) is 7.05 Å². The molecule has 0 unspecified atom stereocenters. The van der Waals surface area contributed by atoms with Crippen LogP contribution in [0.15, 0.2) is 0 Å². The van der Waals surface area contributed by atoms with Crippen molar-refractivity contribution in [1.82, 2.24) is 5.32 Å². The average Bonchev–Trinajstić information content (AvgIpc) is 1.83. The summed E-state index contributed by atoms with van der Waals surface area (Å²) in [5.41, 5.74) is 0. The zero-order valence-electron chi connectivity index (χ0n) is 5.07. The molecular weight excluding hydrogens is 151 g/mol. The van der Waals surface area contributed by atoms with Gasteiger partial charge in [-0.2, -0.15) is 13.2 Å². The smallest absolute Gasteiger partial charge is 0.376 e. The summed E-state index contributed by atoms with van der Waals surface area (Å²) in [7, 11) is 1.01. The van der Waals surface area contributed by atoms with Crippen molar-refractivity contribution in [1.29, 1.82) is 0 Å². The van der Waals surface area contributed by atoms with Crippen molar-refractivity contribution >= 4 is 5.91 Å². The van der Waals surface area contributed by atoms with Crippen LogP contribution < -0.4 is 5.32 Å². The van der Waals surface area contributed by atoms with E-state index >= 15 is 0 Å². The highest BCUT2D eigenvalue weighted by molar-refractivity contribution is 5.80. The maximum Gasteiger partial charge on any atom is 0.423 e. The summed E-state index contributed by atoms with van der Waals surface area (Å²) in [6, 6.07) is 0. The molecule has 0 saturated heterocycles. The van der Waals surface area contributed by atoms with Gasteiger partial charge in [-0.15, -0.1) is 0 Å². The largest absolute Gasteiger partial charge is 0.423 e. The Morgan fingerprint density at radius 1 is 1.60 bits per heavy atom. The molecule has 0 radical (unpaired) electrons. The molecule has 60 valence electrons. The normalized spacial score (nSPS) is 14.5. The van der Waals surface area contributed by atoms with Crippen LogP contribution in [0.25, 0.3) is 0 Å². The Balaban J connectivity index is 4.08. The van der Waals surface area contributed by atoms with Crippen LogP contribution >= 0.6 is 0 Å². The molecular formula is C4H6F3NO2. The van der Waals surface area contributed by atoms with Crippen LogP contribution in [0.4, 0.5) is 13.2 Å². The second kappa shape index (κ2) is 2.87. The first-order chi connectivity index (χ1) is 4.39. The molecule has 3 nitrogen and oxygen atoms in total. The quantitative estimate of drug-likeness (QED) is 0.546. The van der Waals surface area contributed by atoms with Crippen LogP contribution in [0, 0.1) is 0 Å². The fraction of sp³-hybridized carbons (Fsp3) is 0.750. The summed E-state index contributed by atoms with van der Waals surface area (Å²) in [5.74, 6) is -1.45. The Bertz CT molecular complexity index is 133. The van der Waals surface area contributed by atoms with Gasteiger partial charge in [0.25, 0.3) is 5.91 Å². The van der Waals surface area contributed by atoms with Gasteiger partial charge in [-0.3, -0.25) is 4.79 Å². The van der Waals surface area contributed by atoms with Crippen LogP contribution in [0.3, 0.4) is 0 Å². The van der Waals surface area contributed by atoms with Crippen molar-refractivity contribution in [3.63, 3.8) is 0 Å². The van der Waals surface area contributed by atoms with Gasteiger partial charge in [-0.05, 0) is 0 Å². The van der Waals surface area contributed by atoms with E-state index < -0.39 is 18.2 Å². The molecule has 1 atom stereocenters. The van der Waals surface area contributed by atoms with Gasteiger partial charge in [-0.25, -0.2) is 0 Å². The minimum Gasteiger partial charge on any atom is -0.376 e. The summed E-state index contributed by atoms with van der Waals surface area (Å²) in [6.45, 7) is 0. The molecule has 0 aromatic rings. The van der Waals surface area contributed by atoms with E-state index in [0.29, 0.717) is 0 Å². The van der Waals surface area contributed by atoms with Crippen molar-refractivity contribution in [3.05, 3.63) is 0 Å². The highest BCUT2D eigenvalue weighted by Gasteiger charge is 2.42. The Labute approximate surface area is 54.8 Å². The number of hydrogen-bond acceptors (Lipinski definition) is 2. The standard InChI is InChI=1S/C4H6F3NO2/c1-8-3(10)2(9)4(5,6)7/h2,9H,1H3,(H,8,10)/t2-/m1/s1. The number of aliphatic hydroxyl groups is 1. The number of halogens is 3. The molecule has 2 N–H and O–H groups in total. The van der Waals surface area contributed by atoms with E-state index in [1.54, 1.807) is 5.32 Å². The Morgan fingerprint density at radius 2 is 2.00 bits per heavy atom. The van der Waals surface area contributed by atoms with Crippen LogP contribution in [-0.4, -0.2) is 30.3 Å². The third-order valence-electron chi connectivity index (χ3n) is 0.805. The van der Waals surface area contributed by atoms with Gasteiger partial charge < -0.3 is 10.4 Å². The van der Waals surface area contributed by atoms with E-state index in [-0.39, 0.29) is 0 Å². The van der Waals surface area contributed by atoms with Crippen molar-refractivity contribution in [2.45, 2.75) is 12.3 Å². The monoisotopic (exact) mass is 157 g/mol. The van der Waals surface area contributed by atoms with E-state index in [1.165, 1.54) is 0 Å². The number of amides is 1. The van der Waals surface area contributed by atoms with Crippen LogP contribution in [0.1, 0.15) is 0 Å². The Hall–Kier alpha value is -0.780. The minimum atomic E-state index is -4.87. The number of carbonyl (C=O) groups excluding carboxylic acids is 1. The third-order valence-corrected chi connectivity index (χ3v) is 0.805. The fourth-order valence-corrected chi connectivity index (χ4v) is 0.285. The lowest BCUT2D eigenvalue weighted by atomic mass is 10.3. The topological polar surface area (TPSA) is 49.3 Å². The van der Waals surface area contributed by atoms with Crippen molar-refractivity contribution in [3.8, 4) is 0 Å². The summed E-state index contributed by atoms with van der Waals surface area (Å²) >= 11 is 0. The number of likely N-dealkylation sites (N-methyl/N-ethyl adjacent to an activating group) is 1. The molecule has 0 heterocycles. The lowest BCUT2D eigenvalue weighted by Crippen LogP contribution is -2.42. The van der Waals surface area contributed by atoms with Crippen molar-refractivity contribution in [2.75, 3.05) is 7.05 Å². The average molecular weight is 157 g/mol. The van der Waals surface area contributed by atoms with Crippen molar-refractivity contribution in [2.24, 2.45) is 0 Å². The minimum absolute atomic E-state index is 1.01. The molecule has 0 aromatic carbocycles. The molecule has 1 amide bonds. The van der Waals surface area contributed by atoms with Crippen LogP contribution in [0.2, 0.25) is 0 Å². The number of rotatable bonds is 1. The van der Waals surface area contributed by atoms with Crippen molar-refractivity contribution < 1.29 is 23.1 Å². The predicted octanol–water partition coefficient (Wildman–Crippen LogP) is -0.344. The molecule has 0 aliphatic heterocycles. The van der Waals surface area contributed by atoms with E-state index in [4.69, 9.17) is 5.11 Å². The molecule has 0 aliphatic rings. The zero-order chi connectivity index (χ0) is 8.36. The van der Waals surface area contributed by atoms with Gasteiger partial charge in [0, 0.05) is 7.05 Å². The second-order valence-electron chi connectivity index (χ2n) is 1.56. The second-order valence-corrected chi connectivity index (χ2v) is 1.56. The van der Waals surface area contributed by atoms with E-state index in [2.05, 4.69) is 0 Å². The molecule has 0 bridgehead atoms. The predicted molar refractivity (Wildman–Crippen MR) is 26.1 cm³/mol. The fourth-order valence-electron chi connectivity index (χ4n) is 0.285. The summed E-state index contributed by atoms with van der Waals surface area (Å²) in [6.07, 6.45) is -7.79. The van der Waals surface area contributed by atoms with Crippen LogP contribution in [-0.2, 0) is 4.79 Å². The Morgan fingerprint density at radius 3 is 2.10 bits per heavy atom. The first kappa shape index (κ1) is 9.22.